The van der Waals surface area contributed by atoms with Crippen LogP contribution in [0.2, 0.25) is 0 Å². The van der Waals surface area contributed by atoms with Crippen LogP contribution in [0.15, 0.2) is 36.7 Å². The first-order valence-electron chi connectivity index (χ1n) is 5.49. The Kier molecular flexibility index (Phi) is 3.51. The van der Waals surface area contributed by atoms with E-state index in [1.165, 1.54) is 18.3 Å². The van der Waals surface area contributed by atoms with Crippen molar-refractivity contribution in [1.82, 2.24) is 4.98 Å². The smallest absolute Gasteiger partial charge is 0.307 e. The number of hydrogen-bond donors (Lipinski definition) is 1. The number of aromatic nitrogens is 1. The van der Waals surface area contributed by atoms with Crippen molar-refractivity contribution in [3.63, 3.8) is 0 Å². The number of fused-ring (bicyclic) bond motifs is 1. The number of hydrogen-bond acceptors (Lipinski definition) is 4. The highest BCUT2D eigenvalue weighted by molar-refractivity contribution is 5.96. The Bertz CT molecular complexity index is 679. The molecular formula is C13H10N2O4. The third kappa shape index (κ3) is 2.74. The molecule has 0 unspecified atom stereocenters. The number of carboxylic acids is 1. The van der Waals surface area contributed by atoms with E-state index in [0.717, 1.165) is 5.56 Å². The number of aliphatic carboxylic acids is 1. The molecule has 0 aliphatic heterocycles. The van der Waals surface area contributed by atoms with Gasteiger partial charge in [0, 0.05) is 18.5 Å². The molecular weight excluding hydrogens is 248 g/mol. The van der Waals surface area contributed by atoms with E-state index in [-0.39, 0.29) is 12.1 Å². The first-order chi connectivity index (χ1) is 9.09. The summed E-state index contributed by atoms with van der Waals surface area (Å²) in [6.45, 7) is 0. The fourth-order valence-corrected chi connectivity index (χ4v) is 1.79. The number of nitrogens with zero attached hydrogens (tertiary/aromatic N) is 2. The maximum absolute atomic E-state index is 10.9. The summed E-state index contributed by atoms with van der Waals surface area (Å²) in [4.78, 5) is 24.8. The predicted molar refractivity (Wildman–Crippen MR) is 69.7 cm³/mol. The molecule has 19 heavy (non-hydrogen) atoms. The highest BCUT2D eigenvalue weighted by Crippen LogP contribution is 2.28. The van der Waals surface area contributed by atoms with E-state index >= 15 is 0 Å². The second-order valence-electron chi connectivity index (χ2n) is 3.85. The molecule has 0 aliphatic carbocycles. The van der Waals surface area contributed by atoms with Crippen molar-refractivity contribution in [2.24, 2.45) is 0 Å². The third-order valence-electron chi connectivity index (χ3n) is 2.62. The summed E-state index contributed by atoms with van der Waals surface area (Å²) in [5, 5.41) is 20.6. The van der Waals surface area contributed by atoms with E-state index in [1.54, 1.807) is 24.4 Å². The molecule has 1 aromatic heterocycles. The van der Waals surface area contributed by atoms with Crippen molar-refractivity contribution in [2.45, 2.75) is 6.42 Å². The lowest BCUT2D eigenvalue weighted by molar-refractivity contribution is -0.383. The van der Waals surface area contributed by atoms with Gasteiger partial charge in [-0.25, -0.2) is 0 Å². The summed E-state index contributed by atoms with van der Waals surface area (Å²) in [6.07, 6.45) is 6.02. The number of benzene rings is 1. The number of carboxylic acid groups (broad SMARTS) is 1. The normalized spacial score (nSPS) is 10.9. The van der Waals surface area contributed by atoms with E-state index in [1.807, 2.05) is 0 Å². The number of rotatable bonds is 4. The molecule has 1 heterocycles. The SMILES string of the molecule is O=C(O)CC=Cc1ccc([N+](=O)[O-])c2cnccc12. The van der Waals surface area contributed by atoms with Gasteiger partial charge in [-0.1, -0.05) is 12.2 Å². The van der Waals surface area contributed by atoms with Crippen LogP contribution in [-0.2, 0) is 4.79 Å². The lowest BCUT2D eigenvalue weighted by Gasteiger charge is -2.02. The summed E-state index contributed by atoms with van der Waals surface area (Å²) in [5.74, 6) is -0.927. The van der Waals surface area contributed by atoms with Crippen molar-refractivity contribution < 1.29 is 14.8 Å². The quantitative estimate of drug-likeness (QED) is 0.672. The summed E-state index contributed by atoms with van der Waals surface area (Å²) < 4.78 is 0. The minimum atomic E-state index is -0.927. The molecule has 0 saturated heterocycles. The predicted octanol–water partition coefficient (Wildman–Crippen LogP) is 2.63. The molecule has 0 fully saturated rings. The zero-order valence-electron chi connectivity index (χ0n) is 9.81. The number of carbonyl (C=O) groups is 1. The summed E-state index contributed by atoms with van der Waals surface area (Å²) in [7, 11) is 0. The van der Waals surface area contributed by atoms with Gasteiger partial charge in [0.2, 0.25) is 0 Å². The highest BCUT2D eigenvalue weighted by Gasteiger charge is 2.12. The monoisotopic (exact) mass is 258 g/mol. The molecule has 0 radical (unpaired) electrons. The Morgan fingerprint density at radius 3 is 2.84 bits per heavy atom. The van der Waals surface area contributed by atoms with Gasteiger partial charge < -0.3 is 5.11 Å². The zero-order chi connectivity index (χ0) is 13.8. The van der Waals surface area contributed by atoms with Gasteiger partial charge in [0.15, 0.2) is 0 Å². The van der Waals surface area contributed by atoms with E-state index < -0.39 is 10.9 Å². The molecule has 2 rings (SSSR count). The first kappa shape index (κ1) is 12.7. The standard InChI is InChI=1S/C13H10N2O4/c16-13(17)3-1-2-9-4-5-12(15(18)19)11-8-14-7-6-10(9)11/h1-2,4-8H,3H2,(H,16,17). The second-order valence-corrected chi connectivity index (χ2v) is 3.85. The molecule has 6 heteroatoms. The molecule has 96 valence electrons. The number of nitro groups is 1. The average Bonchev–Trinajstić information content (AvgIpc) is 2.38. The van der Waals surface area contributed by atoms with Crippen LogP contribution in [0.5, 0.6) is 0 Å². The minimum Gasteiger partial charge on any atom is -0.481 e. The van der Waals surface area contributed by atoms with Gasteiger partial charge in [0.05, 0.1) is 16.7 Å². The Balaban J connectivity index is 2.52. The van der Waals surface area contributed by atoms with Crippen LogP contribution < -0.4 is 0 Å². The number of non-ortho nitro benzene ring substituents is 1. The fourth-order valence-electron chi connectivity index (χ4n) is 1.79. The highest BCUT2D eigenvalue weighted by atomic mass is 16.6. The van der Waals surface area contributed by atoms with Crippen molar-refractivity contribution >= 4 is 28.5 Å². The Morgan fingerprint density at radius 1 is 1.37 bits per heavy atom. The third-order valence-corrected chi connectivity index (χ3v) is 2.62. The first-order valence-corrected chi connectivity index (χ1v) is 5.49. The van der Waals surface area contributed by atoms with Crippen LogP contribution in [0.1, 0.15) is 12.0 Å². The van der Waals surface area contributed by atoms with E-state index in [4.69, 9.17) is 5.11 Å². The van der Waals surface area contributed by atoms with E-state index in [0.29, 0.717) is 10.8 Å². The van der Waals surface area contributed by atoms with Gasteiger partial charge in [0.25, 0.3) is 5.69 Å². The molecule has 2 aromatic rings. The van der Waals surface area contributed by atoms with Gasteiger partial charge in [-0.2, -0.15) is 0 Å². The van der Waals surface area contributed by atoms with Crippen LogP contribution >= 0.6 is 0 Å². The maximum Gasteiger partial charge on any atom is 0.307 e. The van der Waals surface area contributed by atoms with Crippen LogP contribution in [0, 0.1) is 10.1 Å². The van der Waals surface area contributed by atoms with Gasteiger partial charge in [-0.05, 0) is 23.1 Å². The number of nitro benzene ring substituents is 1. The van der Waals surface area contributed by atoms with E-state index in [2.05, 4.69) is 4.98 Å². The van der Waals surface area contributed by atoms with Crippen molar-refractivity contribution in [2.75, 3.05) is 0 Å². The average molecular weight is 258 g/mol. The lowest BCUT2D eigenvalue weighted by Crippen LogP contribution is -1.92. The summed E-state index contributed by atoms with van der Waals surface area (Å²) in [6, 6.07) is 4.66. The van der Waals surface area contributed by atoms with Crippen LogP contribution in [0.4, 0.5) is 5.69 Å². The maximum atomic E-state index is 10.9. The fraction of sp³-hybridized carbons (Fsp3) is 0.0769. The largest absolute Gasteiger partial charge is 0.481 e. The molecule has 6 nitrogen and oxygen atoms in total. The van der Waals surface area contributed by atoms with Crippen LogP contribution in [0.25, 0.3) is 16.8 Å². The molecule has 0 atom stereocenters. The van der Waals surface area contributed by atoms with Gasteiger partial charge in [-0.3, -0.25) is 19.9 Å². The molecule has 1 aromatic carbocycles. The minimum absolute atomic E-state index is 0.0153. The lowest BCUT2D eigenvalue weighted by atomic mass is 10.0. The topological polar surface area (TPSA) is 93.3 Å². The summed E-state index contributed by atoms with van der Waals surface area (Å²) >= 11 is 0. The summed E-state index contributed by atoms with van der Waals surface area (Å²) in [5.41, 5.74) is 0.711. The van der Waals surface area contributed by atoms with Gasteiger partial charge in [-0.15, -0.1) is 0 Å². The number of pyridine rings is 1. The molecule has 0 amide bonds. The van der Waals surface area contributed by atoms with E-state index in [9.17, 15) is 14.9 Å². The molecule has 0 bridgehead atoms. The molecule has 1 N–H and O–H groups in total. The second kappa shape index (κ2) is 5.26. The van der Waals surface area contributed by atoms with Crippen molar-refractivity contribution in [3.05, 3.63) is 52.3 Å². The van der Waals surface area contributed by atoms with Gasteiger partial charge in [0.1, 0.15) is 0 Å². The molecule has 0 aliphatic rings. The van der Waals surface area contributed by atoms with Gasteiger partial charge >= 0.3 is 5.97 Å². The van der Waals surface area contributed by atoms with Crippen molar-refractivity contribution in [3.8, 4) is 0 Å². The van der Waals surface area contributed by atoms with Crippen LogP contribution in [-0.4, -0.2) is 21.0 Å². The zero-order valence-corrected chi connectivity index (χ0v) is 9.81. The van der Waals surface area contributed by atoms with Crippen molar-refractivity contribution in [1.29, 1.82) is 0 Å². The molecule has 0 spiro atoms. The Morgan fingerprint density at radius 2 is 2.16 bits per heavy atom. The Labute approximate surface area is 108 Å². The molecule has 0 saturated carbocycles. The van der Waals surface area contributed by atoms with Crippen LogP contribution in [0.3, 0.4) is 0 Å². The Hall–Kier alpha value is -2.76.